The molecule has 1 aliphatic heterocycles. The van der Waals surface area contributed by atoms with Gasteiger partial charge in [0.15, 0.2) is 0 Å². The standard InChI is InChI=1S/C17H26N4O2/c1-18-11-14-12-21(9-10-23-14)8-4-6-13-5-3-7-15-16(13)20(2)17(22)19-15/h3,5,7,14,18H,4,6,8-12H2,1-2H3,(H,19,22)/t14-/m0/s1. The van der Waals surface area contributed by atoms with Gasteiger partial charge in [-0.05, 0) is 38.1 Å². The number of morpholine rings is 1. The number of aromatic amines is 1. The Labute approximate surface area is 136 Å². The third-order valence-electron chi connectivity index (χ3n) is 4.58. The number of likely N-dealkylation sites (N-methyl/N-ethyl adjacent to an activating group) is 1. The smallest absolute Gasteiger partial charge is 0.326 e. The Hall–Kier alpha value is -1.63. The van der Waals surface area contributed by atoms with Crippen molar-refractivity contribution in [3.05, 3.63) is 34.2 Å². The maximum atomic E-state index is 11.8. The minimum absolute atomic E-state index is 0.0458. The van der Waals surface area contributed by atoms with Crippen LogP contribution in [0.1, 0.15) is 12.0 Å². The van der Waals surface area contributed by atoms with E-state index < -0.39 is 0 Å². The van der Waals surface area contributed by atoms with Crippen molar-refractivity contribution < 1.29 is 4.74 Å². The van der Waals surface area contributed by atoms with Crippen molar-refractivity contribution in [2.75, 3.05) is 39.8 Å². The summed E-state index contributed by atoms with van der Waals surface area (Å²) >= 11 is 0. The van der Waals surface area contributed by atoms with Gasteiger partial charge < -0.3 is 15.0 Å². The van der Waals surface area contributed by atoms with Crippen molar-refractivity contribution in [2.24, 2.45) is 7.05 Å². The lowest BCUT2D eigenvalue weighted by molar-refractivity contribution is -0.0264. The van der Waals surface area contributed by atoms with Crippen molar-refractivity contribution >= 4 is 11.0 Å². The number of nitrogens with zero attached hydrogens (tertiary/aromatic N) is 2. The first kappa shape index (κ1) is 16.2. The van der Waals surface area contributed by atoms with E-state index in [0.29, 0.717) is 6.10 Å². The van der Waals surface area contributed by atoms with Gasteiger partial charge in [0.25, 0.3) is 0 Å². The van der Waals surface area contributed by atoms with Gasteiger partial charge in [-0.15, -0.1) is 0 Å². The van der Waals surface area contributed by atoms with Crippen molar-refractivity contribution in [1.82, 2.24) is 19.8 Å². The second kappa shape index (κ2) is 7.29. The van der Waals surface area contributed by atoms with Crippen LogP contribution in [0.5, 0.6) is 0 Å². The number of fused-ring (bicyclic) bond motifs is 1. The number of aryl methyl sites for hydroxylation is 2. The van der Waals surface area contributed by atoms with Crippen LogP contribution in [-0.2, 0) is 18.2 Å². The number of hydrogen-bond acceptors (Lipinski definition) is 4. The van der Waals surface area contributed by atoms with Gasteiger partial charge in [-0.1, -0.05) is 12.1 Å². The molecule has 0 amide bonds. The lowest BCUT2D eigenvalue weighted by Gasteiger charge is -2.32. The van der Waals surface area contributed by atoms with Gasteiger partial charge >= 0.3 is 5.69 Å². The summed E-state index contributed by atoms with van der Waals surface area (Å²) in [7, 11) is 3.79. The number of benzene rings is 1. The van der Waals surface area contributed by atoms with Gasteiger partial charge in [0.1, 0.15) is 0 Å². The topological polar surface area (TPSA) is 62.3 Å². The summed E-state index contributed by atoms with van der Waals surface area (Å²) < 4.78 is 7.45. The summed E-state index contributed by atoms with van der Waals surface area (Å²) in [6.07, 6.45) is 2.36. The van der Waals surface area contributed by atoms with Crippen LogP contribution >= 0.6 is 0 Å². The molecular formula is C17H26N4O2. The van der Waals surface area contributed by atoms with Crippen molar-refractivity contribution in [3.8, 4) is 0 Å². The Balaban J connectivity index is 1.60. The zero-order valence-electron chi connectivity index (χ0n) is 14.0. The molecule has 1 fully saturated rings. The van der Waals surface area contributed by atoms with Crippen LogP contribution in [-0.4, -0.2) is 60.4 Å². The van der Waals surface area contributed by atoms with Gasteiger partial charge in [-0.25, -0.2) is 4.79 Å². The molecule has 0 bridgehead atoms. The van der Waals surface area contributed by atoms with E-state index in [1.54, 1.807) is 4.57 Å². The first-order valence-corrected chi connectivity index (χ1v) is 8.34. The van der Waals surface area contributed by atoms with Crippen molar-refractivity contribution in [3.63, 3.8) is 0 Å². The minimum Gasteiger partial charge on any atom is -0.374 e. The van der Waals surface area contributed by atoms with Crippen LogP contribution in [0.25, 0.3) is 11.0 Å². The number of H-pyrrole nitrogens is 1. The second-order valence-electron chi connectivity index (χ2n) is 6.26. The van der Waals surface area contributed by atoms with E-state index in [1.807, 2.05) is 26.2 Å². The van der Waals surface area contributed by atoms with E-state index in [2.05, 4.69) is 21.3 Å². The third kappa shape index (κ3) is 3.65. The predicted molar refractivity (Wildman–Crippen MR) is 92.0 cm³/mol. The van der Waals surface area contributed by atoms with E-state index in [0.717, 1.165) is 56.7 Å². The highest BCUT2D eigenvalue weighted by molar-refractivity contribution is 5.78. The molecular weight excluding hydrogens is 292 g/mol. The molecule has 1 aromatic carbocycles. The molecule has 1 aromatic heterocycles. The normalized spacial score (nSPS) is 19.5. The van der Waals surface area contributed by atoms with Gasteiger partial charge in [0, 0.05) is 26.7 Å². The molecule has 6 nitrogen and oxygen atoms in total. The highest BCUT2D eigenvalue weighted by Gasteiger charge is 2.19. The molecule has 3 rings (SSSR count). The van der Waals surface area contributed by atoms with Gasteiger partial charge in [-0.2, -0.15) is 0 Å². The lowest BCUT2D eigenvalue weighted by Crippen LogP contribution is -2.46. The Morgan fingerprint density at radius 1 is 1.43 bits per heavy atom. The Morgan fingerprint density at radius 2 is 2.30 bits per heavy atom. The van der Waals surface area contributed by atoms with Crippen LogP contribution in [0.4, 0.5) is 0 Å². The zero-order valence-corrected chi connectivity index (χ0v) is 14.0. The molecule has 126 valence electrons. The van der Waals surface area contributed by atoms with Crippen molar-refractivity contribution in [1.29, 1.82) is 0 Å². The molecule has 1 saturated heterocycles. The molecule has 2 aromatic rings. The van der Waals surface area contributed by atoms with Crippen LogP contribution in [0.3, 0.4) is 0 Å². The number of hydrogen-bond donors (Lipinski definition) is 2. The van der Waals surface area contributed by atoms with E-state index in [4.69, 9.17) is 4.74 Å². The Morgan fingerprint density at radius 3 is 3.13 bits per heavy atom. The first-order chi connectivity index (χ1) is 11.2. The van der Waals surface area contributed by atoms with E-state index in [-0.39, 0.29) is 5.69 Å². The Kier molecular flexibility index (Phi) is 5.15. The molecule has 1 atom stereocenters. The SMILES string of the molecule is CNC[C@H]1CN(CCCc2cccc3[nH]c(=O)n(C)c23)CCO1. The summed E-state index contributed by atoms with van der Waals surface area (Å²) in [5.41, 5.74) is 3.15. The molecule has 0 aliphatic carbocycles. The van der Waals surface area contributed by atoms with Gasteiger partial charge in [0.05, 0.1) is 23.7 Å². The largest absolute Gasteiger partial charge is 0.374 e. The second-order valence-corrected chi connectivity index (χ2v) is 6.26. The molecule has 1 aliphatic rings. The summed E-state index contributed by atoms with van der Waals surface area (Å²) in [6, 6.07) is 6.11. The number of aromatic nitrogens is 2. The fraction of sp³-hybridized carbons (Fsp3) is 0.588. The van der Waals surface area contributed by atoms with Crippen LogP contribution < -0.4 is 11.0 Å². The third-order valence-corrected chi connectivity index (χ3v) is 4.58. The summed E-state index contributed by atoms with van der Waals surface area (Å²) in [5.74, 6) is 0. The van der Waals surface area contributed by atoms with Gasteiger partial charge in [-0.3, -0.25) is 9.47 Å². The number of nitrogens with one attached hydrogen (secondary N) is 2. The molecule has 23 heavy (non-hydrogen) atoms. The number of para-hydroxylation sites is 1. The molecule has 0 unspecified atom stereocenters. The monoisotopic (exact) mass is 318 g/mol. The van der Waals surface area contributed by atoms with E-state index in [1.165, 1.54) is 5.56 Å². The maximum Gasteiger partial charge on any atom is 0.326 e. The Bertz CT molecular complexity index is 704. The van der Waals surface area contributed by atoms with Crippen LogP contribution in [0, 0.1) is 0 Å². The van der Waals surface area contributed by atoms with Crippen molar-refractivity contribution in [2.45, 2.75) is 18.9 Å². The highest BCUT2D eigenvalue weighted by atomic mass is 16.5. The minimum atomic E-state index is -0.0458. The first-order valence-electron chi connectivity index (χ1n) is 8.34. The summed E-state index contributed by atoms with van der Waals surface area (Å²) in [5, 5.41) is 3.18. The summed E-state index contributed by atoms with van der Waals surface area (Å²) in [4.78, 5) is 17.2. The number of imidazole rings is 1. The fourth-order valence-electron chi connectivity index (χ4n) is 3.42. The molecule has 0 saturated carbocycles. The van der Waals surface area contributed by atoms with E-state index in [9.17, 15) is 4.79 Å². The predicted octanol–water partition coefficient (Wildman–Crippen LogP) is 0.719. The van der Waals surface area contributed by atoms with E-state index >= 15 is 0 Å². The molecule has 0 radical (unpaired) electrons. The molecule has 2 N–H and O–H groups in total. The van der Waals surface area contributed by atoms with Crippen LogP contribution in [0.2, 0.25) is 0 Å². The zero-order chi connectivity index (χ0) is 16.2. The molecule has 0 spiro atoms. The number of ether oxygens (including phenoxy) is 1. The van der Waals surface area contributed by atoms with Gasteiger partial charge in [0.2, 0.25) is 0 Å². The quantitative estimate of drug-likeness (QED) is 0.824. The average molecular weight is 318 g/mol. The lowest BCUT2D eigenvalue weighted by atomic mass is 10.1. The number of rotatable bonds is 6. The average Bonchev–Trinajstić information content (AvgIpc) is 2.84. The molecule has 2 heterocycles. The molecule has 6 heteroatoms. The fourth-order valence-corrected chi connectivity index (χ4v) is 3.42. The summed E-state index contributed by atoms with van der Waals surface area (Å²) in [6.45, 7) is 4.79. The highest BCUT2D eigenvalue weighted by Crippen LogP contribution is 2.17. The van der Waals surface area contributed by atoms with Crippen LogP contribution in [0.15, 0.2) is 23.0 Å². The maximum absolute atomic E-state index is 11.8.